The summed E-state index contributed by atoms with van der Waals surface area (Å²) in [6, 6.07) is 7.75. The lowest BCUT2D eigenvalue weighted by Gasteiger charge is -2.36. The van der Waals surface area contributed by atoms with Crippen LogP contribution in [0.4, 0.5) is 5.69 Å². The zero-order valence-corrected chi connectivity index (χ0v) is 17.3. The van der Waals surface area contributed by atoms with E-state index in [-0.39, 0.29) is 24.1 Å². The molecule has 1 aliphatic rings. The molecule has 0 atom stereocenters. The van der Waals surface area contributed by atoms with Crippen LogP contribution in [0, 0.1) is 5.92 Å². The Morgan fingerprint density at radius 2 is 1.78 bits per heavy atom. The number of amides is 1. The minimum absolute atomic E-state index is 0.0444. The number of ether oxygens (including phenoxy) is 1. The highest BCUT2D eigenvalue weighted by atomic mass is 32.2. The van der Waals surface area contributed by atoms with Crippen molar-refractivity contribution in [2.75, 3.05) is 50.5 Å². The number of nitrogens with zero attached hydrogens (tertiary/aromatic N) is 2. The highest BCUT2D eigenvalue weighted by Crippen LogP contribution is 2.28. The van der Waals surface area contributed by atoms with Crippen molar-refractivity contribution in [1.82, 2.24) is 9.62 Å². The van der Waals surface area contributed by atoms with Crippen molar-refractivity contribution >= 4 is 21.6 Å². The second-order valence-corrected chi connectivity index (χ2v) is 8.77. The van der Waals surface area contributed by atoms with Gasteiger partial charge < -0.3 is 15.0 Å². The molecule has 1 heterocycles. The van der Waals surface area contributed by atoms with E-state index in [2.05, 4.69) is 10.2 Å². The summed E-state index contributed by atoms with van der Waals surface area (Å²) >= 11 is 0. The first-order valence-corrected chi connectivity index (χ1v) is 11.2. The van der Waals surface area contributed by atoms with Gasteiger partial charge in [-0.3, -0.25) is 4.79 Å². The fourth-order valence-electron chi connectivity index (χ4n) is 3.33. The molecule has 0 radical (unpaired) electrons. The zero-order valence-electron chi connectivity index (χ0n) is 16.5. The zero-order chi connectivity index (χ0) is 19.9. The SMILES string of the molecule is CCC(CC)C(=O)NCCS(=O)(=O)N1CCN(c2ccccc2OC)CC1. The molecule has 1 aliphatic heterocycles. The predicted molar refractivity (Wildman–Crippen MR) is 108 cm³/mol. The predicted octanol–water partition coefficient (Wildman–Crippen LogP) is 1.70. The Labute approximate surface area is 162 Å². The molecular weight excluding hydrogens is 366 g/mol. The molecule has 0 saturated carbocycles. The molecule has 0 spiro atoms. The minimum atomic E-state index is -3.38. The molecule has 1 aromatic rings. The second kappa shape index (κ2) is 9.94. The van der Waals surface area contributed by atoms with E-state index in [1.165, 1.54) is 4.31 Å². The van der Waals surface area contributed by atoms with E-state index in [4.69, 9.17) is 4.74 Å². The van der Waals surface area contributed by atoms with Gasteiger partial charge in [0.1, 0.15) is 5.75 Å². The van der Waals surface area contributed by atoms with Crippen LogP contribution in [0.1, 0.15) is 26.7 Å². The third kappa shape index (κ3) is 5.59. The van der Waals surface area contributed by atoms with Gasteiger partial charge >= 0.3 is 0 Å². The molecule has 1 amide bonds. The first kappa shape index (κ1) is 21.5. The van der Waals surface area contributed by atoms with Gasteiger partial charge in [0, 0.05) is 38.6 Å². The standard InChI is InChI=1S/C19H31N3O4S/c1-4-16(5-2)19(23)20-10-15-27(24,25)22-13-11-21(12-14-22)17-8-6-7-9-18(17)26-3/h6-9,16H,4-5,10-15H2,1-3H3,(H,20,23). The summed E-state index contributed by atoms with van der Waals surface area (Å²) < 4.78 is 32.1. The van der Waals surface area contributed by atoms with Crippen LogP contribution in [0.25, 0.3) is 0 Å². The van der Waals surface area contributed by atoms with Crippen molar-refractivity contribution in [3.05, 3.63) is 24.3 Å². The number of rotatable bonds is 9. The summed E-state index contributed by atoms with van der Waals surface area (Å²) in [6.07, 6.45) is 1.53. The molecule has 1 saturated heterocycles. The van der Waals surface area contributed by atoms with Gasteiger partial charge in [0.05, 0.1) is 18.6 Å². The number of carbonyl (C=O) groups is 1. The van der Waals surface area contributed by atoms with Crippen LogP contribution >= 0.6 is 0 Å². The van der Waals surface area contributed by atoms with Crippen LogP contribution in [-0.4, -0.2) is 64.2 Å². The summed E-state index contributed by atoms with van der Waals surface area (Å²) in [6.45, 7) is 6.17. The van der Waals surface area contributed by atoms with Crippen LogP contribution in [0.3, 0.4) is 0 Å². The normalized spacial score (nSPS) is 15.8. The van der Waals surface area contributed by atoms with Crippen molar-refractivity contribution in [3.63, 3.8) is 0 Å². The second-order valence-electron chi connectivity index (χ2n) is 6.68. The number of nitrogens with one attached hydrogen (secondary N) is 1. The van der Waals surface area contributed by atoms with E-state index in [9.17, 15) is 13.2 Å². The molecule has 8 heteroatoms. The highest BCUT2D eigenvalue weighted by Gasteiger charge is 2.28. The number of benzene rings is 1. The van der Waals surface area contributed by atoms with E-state index in [0.717, 1.165) is 24.3 Å². The van der Waals surface area contributed by atoms with Gasteiger partial charge in [-0.25, -0.2) is 8.42 Å². The molecule has 0 bridgehead atoms. The third-order valence-electron chi connectivity index (χ3n) is 5.07. The maximum Gasteiger partial charge on any atom is 0.223 e. The number of carbonyl (C=O) groups excluding carboxylic acids is 1. The molecule has 152 valence electrons. The Balaban J connectivity index is 1.86. The first-order chi connectivity index (χ1) is 12.9. The molecule has 0 aliphatic carbocycles. The molecule has 27 heavy (non-hydrogen) atoms. The smallest absolute Gasteiger partial charge is 0.223 e. The summed E-state index contributed by atoms with van der Waals surface area (Å²) in [7, 11) is -1.74. The average molecular weight is 398 g/mol. The van der Waals surface area contributed by atoms with Crippen LogP contribution in [-0.2, 0) is 14.8 Å². The lowest BCUT2D eigenvalue weighted by atomic mass is 10.0. The van der Waals surface area contributed by atoms with Crippen LogP contribution in [0.5, 0.6) is 5.75 Å². The van der Waals surface area contributed by atoms with E-state index in [1.54, 1.807) is 7.11 Å². The van der Waals surface area contributed by atoms with Crippen molar-refractivity contribution < 1.29 is 17.9 Å². The number of methoxy groups -OCH3 is 1. The molecule has 1 N–H and O–H groups in total. The van der Waals surface area contributed by atoms with Crippen molar-refractivity contribution in [3.8, 4) is 5.75 Å². The highest BCUT2D eigenvalue weighted by molar-refractivity contribution is 7.89. The van der Waals surface area contributed by atoms with Gasteiger partial charge in [0.2, 0.25) is 15.9 Å². The van der Waals surface area contributed by atoms with E-state index in [0.29, 0.717) is 26.2 Å². The number of anilines is 1. The Kier molecular flexibility index (Phi) is 7.91. The monoisotopic (exact) mass is 397 g/mol. The van der Waals surface area contributed by atoms with Crippen molar-refractivity contribution in [2.45, 2.75) is 26.7 Å². The molecule has 0 aromatic heterocycles. The quantitative estimate of drug-likeness (QED) is 0.686. The molecule has 7 nitrogen and oxygen atoms in total. The number of hydrogen-bond acceptors (Lipinski definition) is 5. The maximum atomic E-state index is 12.6. The Bertz CT molecular complexity index is 711. The minimum Gasteiger partial charge on any atom is -0.495 e. The van der Waals surface area contributed by atoms with Gasteiger partial charge in [-0.1, -0.05) is 26.0 Å². The number of para-hydroxylation sites is 2. The maximum absolute atomic E-state index is 12.6. The fourth-order valence-corrected chi connectivity index (χ4v) is 4.67. The summed E-state index contributed by atoms with van der Waals surface area (Å²) in [5.74, 6) is 0.624. The Hall–Kier alpha value is -1.80. The number of sulfonamides is 1. The van der Waals surface area contributed by atoms with Gasteiger partial charge in [-0.2, -0.15) is 4.31 Å². The molecule has 0 unspecified atom stereocenters. The van der Waals surface area contributed by atoms with Crippen LogP contribution < -0.4 is 15.0 Å². The molecule has 1 fully saturated rings. The van der Waals surface area contributed by atoms with E-state index in [1.807, 2.05) is 38.1 Å². The van der Waals surface area contributed by atoms with Gasteiger partial charge in [0.25, 0.3) is 0 Å². The molecular formula is C19H31N3O4S. The lowest BCUT2D eigenvalue weighted by Crippen LogP contribution is -2.50. The molecule has 1 aromatic carbocycles. The summed E-state index contributed by atoms with van der Waals surface area (Å²) in [5.41, 5.74) is 0.981. The first-order valence-electron chi connectivity index (χ1n) is 9.56. The topological polar surface area (TPSA) is 79.0 Å². The van der Waals surface area contributed by atoms with Crippen LogP contribution in [0.2, 0.25) is 0 Å². The van der Waals surface area contributed by atoms with E-state index < -0.39 is 10.0 Å². The third-order valence-corrected chi connectivity index (χ3v) is 6.95. The average Bonchev–Trinajstić information content (AvgIpc) is 2.69. The fraction of sp³-hybridized carbons (Fsp3) is 0.632. The number of piperazine rings is 1. The summed E-state index contributed by atoms with van der Waals surface area (Å²) in [5, 5.41) is 2.76. The number of hydrogen-bond donors (Lipinski definition) is 1. The Morgan fingerprint density at radius 1 is 1.15 bits per heavy atom. The van der Waals surface area contributed by atoms with Gasteiger partial charge in [-0.05, 0) is 25.0 Å². The molecule has 2 rings (SSSR count). The van der Waals surface area contributed by atoms with Crippen molar-refractivity contribution in [1.29, 1.82) is 0 Å². The van der Waals surface area contributed by atoms with E-state index >= 15 is 0 Å². The largest absolute Gasteiger partial charge is 0.495 e. The van der Waals surface area contributed by atoms with Gasteiger partial charge in [0.15, 0.2) is 0 Å². The summed E-state index contributed by atoms with van der Waals surface area (Å²) in [4.78, 5) is 14.1. The van der Waals surface area contributed by atoms with Gasteiger partial charge in [-0.15, -0.1) is 0 Å². The van der Waals surface area contributed by atoms with Crippen LogP contribution in [0.15, 0.2) is 24.3 Å². The lowest BCUT2D eigenvalue weighted by molar-refractivity contribution is -0.125. The van der Waals surface area contributed by atoms with Crippen molar-refractivity contribution in [2.24, 2.45) is 5.92 Å². The Morgan fingerprint density at radius 3 is 2.37 bits per heavy atom.